The van der Waals surface area contributed by atoms with Crippen LogP contribution < -0.4 is 11.2 Å². The summed E-state index contributed by atoms with van der Waals surface area (Å²) >= 11 is 2.14. The zero-order valence-corrected chi connectivity index (χ0v) is 11.8. The Morgan fingerprint density at radius 3 is 2.44 bits per heavy atom. The van der Waals surface area contributed by atoms with Crippen LogP contribution in [0.1, 0.15) is 12.5 Å². The zero-order chi connectivity index (χ0) is 13.3. The minimum Gasteiger partial charge on any atom is -0.494 e. The second-order valence-corrected chi connectivity index (χ2v) is 4.97. The molecule has 1 heterocycles. The van der Waals surface area contributed by atoms with E-state index in [1.54, 1.807) is 19.1 Å². The number of aromatic nitrogens is 2. The highest BCUT2D eigenvalue weighted by Gasteiger charge is 2.13. The number of benzene rings is 1. The van der Waals surface area contributed by atoms with Gasteiger partial charge in [0.05, 0.1) is 11.3 Å². The van der Waals surface area contributed by atoms with Crippen molar-refractivity contribution in [3.63, 3.8) is 0 Å². The third kappa shape index (κ3) is 2.20. The van der Waals surface area contributed by atoms with Crippen molar-refractivity contribution >= 4 is 22.6 Å². The van der Waals surface area contributed by atoms with Gasteiger partial charge in [-0.1, -0.05) is 6.92 Å². The van der Waals surface area contributed by atoms with E-state index >= 15 is 0 Å². The quantitative estimate of drug-likeness (QED) is 0.797. The second kappa shape index (κ2) is 4.97. The van der Waals surface area contributed by atoms with E-state index in [1.807, 2.05) is 12.1 Å². The van der Waals surface area contributed by atoms with Crippen molar-refractivity contribution in [2.24, 2.45) is 0 Å². The highest BCUT2D eigenvalue weighted by atomic mass is 127. The van der Waals surface area contributed by atoms with Gasteiger partial charge >= 0.3 is 5.69 Å². The average Bonchev–Trinajstić information content (AvgIpc) is 2.31. The van der Waals surface area contributed by atoms with Crippen molar-refractivity contribution < 1.29 is 5.11 Å². The van der Waals surface area contributed by atoms with Crippen LogP contribution in [0.3, 0.4) is 0 Å². The summed E-state index contributed by atoms with van der Waals surface area (Å²) < 4.78 is 2.11. The first-order valence-electron chi connectivity index (χ1n) is 5.37. The van der Waals surface area contributed by atoms with Crippen molar-refractivity contribution in [2.45, 2.75) is 13.3 Å². The van der Waals surface area contributed by atoms with Gasteiger partial charge in [-0.15, -0.1) is 0 Å². The minimum atomic E-state index is -0.643. The predicted octanol–water partition coefficient (Wildman–Crippen LogP) is 1.40. The fraction of sp³-hybridized carbons (Fsp3) is 0.167. The molecule has 2 aromatic rings. The third-order valence-corrected chi connectivity index (χ3v) is 3.34. The first-order valence-corrected chi connectivity index (χ1v) is 6.45. The highest BCUT2D eigenvalue weighted by Crippen LogP contribution is 2.17. The number of aromatic amines is 1. The Labute approximate surface area is 116 Å². The topological polar surface area (TPSA) is 75.1 Å². The number of aromatic hydroxyl groups is 1. The van der Waals surface area contributed by atoms with Gasteiger partial charge in [-0.25, -0.2) is 9.36 Å². The largest absolute Gasteiger partial charge is 0.494 e. The van der Waals surface area contributed by atoms with E-state index in [0.29, 0.717) is 12.1 Å². The van der Waals surface area contributed by atoms with Crippen LogP contribution in [-0.2, 0) is 6.42 Å². The van der Waals surface area contributed by atoms with Crippen LogP contribution in [0.25, 0.3) is 5.69 Å². The Morgan fingerprint density at radius 1 is 1.28 bits per heavy atom. The number of halogens is 1. The van der Waals surface area contributed by atoms with Crippen molar-refractivity contribution in [2.75, 3.05) is 0 Å². The van der Waals surface area contributed by atoms with Gasteiger partial charge in [0.1, 0.15) is 0 Å². The summed E-state index contributed by atoms with van der Waals surface area (Å²) in [5, 5.41) is 10.0. The number of hydrogen-bond acceptors (Lipinski definition) is 3. The van der Waals surface area contributed by atoms with Gasteiger partial charge in [0.2, 0.25) is 5.88 Å². The van der Waals surface area contributed by atoms with Crippen LogP contribution >= 0.6 is 22.6 Å². The van der Waals surface area contributed by atoms with Crippen molar-refractivity contribution in [1.29, 1.82) is 0 Å². The Hall–Kier alpha value is -1.57. The molecule has 0 aliphatic heterocycles. The van der Waals surface area contributed by atoms with Crippen molar-refractivity contribution in [3.8, 4) is 11.6 Å². The average molecular weight is 358 g/mol. The summed E-state index contributed by atoms with van der Waals surface area (Å²) in [5.41, 5.74) is -0.463. The van der Waals surface area contributed by atoms with Crippen LogP contribution in [-0.4, -0.2) is 14.7 Å². The number of nitrogens with one attached hydrogen (secondary N) is 1. The van der Waals surface area contributed by atoms with E-state index in [-0.39, 0.29) is 11.4 Å². The van der Waals surface area contributed by atoms with Crippen molar-refractivity contribution in [1.82, 2.24) is 9.55 Å². The lowest BCUT2D eigenvalue weighted by atomic mass is 10.2. The molecule has 0 amide bonds. The molecular formula is C12H11IN2O3. The molecular weight excluding hydrogens is 347 g/mol. The summed E-state index contributed by atoms with van der Waals surface area (Å²) in [6.45, 7) is 1.74. The maximum atomic E-state index is 11.8. The van der Waals surface area contributed by atoms with Gasteiger partial charge in [0.25, 0.3) is 5.56 Å². The molecule has 0 spiro atoms. The van der Waals surface area contributed by atoms with Gasteiger partial charge in [-0.3, -0.25) is 9.78 Å². The normalized spacial score (nSPS) is 10.6. The molecule has 0 unspecified atom stereocenters. The lowest BCUT2D eigenvalue weighted by molar-refractivity contribution is 0.423. The number of nitrogens with zero attached hydrogens (tertiary/aromatic N) is 1. The lowest BCUT2D eigenvalue weighted by Crippen LogP contribution is -2.31. The number of hydrogen-bond donors (Lipinski definition) is 2. The fourth-order valence-electron chi connectivity index (χ4n) is 1.71. The van der Waals surface area contributed by atoms with E-state index in [1.165, 1.54) is 0 Å². The van der Waals surface area contributed by atoms with E-state index in [4.69, 9.17) is 0 Å². The predicted molar refractivity (Wildman–Crippen MR) is 76.4 cm³/mol. The molecule has 1 aromatic carbocycles. The lowest BCUT2D eigenvalue weighted by Gasteiger charge is -2.10. The Morgan fingerprint density at radius 2 is 1.89 bits per heavy atom. The smallest absolute Gasteiger partial charge is 0.335 e. The Kier molecular flexibility index (Phi) is 3.55. The fourth-order valence-corrected chi connectivity index (χ4v) is 2.07. The molecule has 0 saturated heterocycles. The molecule has 0 radical (unpaired) electrons. The van der Waals surface area contributed by atoms with Gasteiger partial charge in [0.15, 0.2) is 0 Å². The van der Waals surface area contributed by atoms with Gasteiger partial charge in [0, 0.05) is 3.57 Å². The SMILES string of the molecule is CCc1c(O)n(-c2ccc(I)cc2)c(=O)[nH]c1=O. The maximum Gasteiger partial charge on any atom is 0.335 e. The maximum absolute atomic E-state index is 11.8. The third-order valence-electron chi connectivity index (χ3n) is 2.62. The van der Waals surface area contributed by atoms with E-state index in [9.17, 15) is 14.7 Å². The van der Waals surface area contributed by atoms with Crippen LogP contribution in [0.5, 0.6) is 5.88 Å². The van der Waals surface area contributed by atoms with Crippen LogP contribution in [0.4, 0.5) is 0 Å². The second-order valence-electron chi connectivity index (χ2n) is 3.73. The molecule has 0 saturated carbocycles. The van der Waals surface area contributed by atoms with Gasteiger partial charge < -0.3 is 5.11 Å². The van der Waals surface area contributed by atoms with Gasteiger partial charge in [-0.05, 0) is 53.3 Å². The first-order chi connectivity index (χ1) is 8.54. The van der Waals surface area contributed by atoms with E-state index in [0.717, 1.165) is 8.14 Å². The summed E-state index contributed by atoms with van der Waals surface area (Å²) in [5.74, 6) is -0.299. The number of rotatable bonds is 2. The molecule has 0 bridgehead atoms. The number of H-pyrrole nitrogens is 1. The molecule has 18 heavy (non-hydrogen) atoms. The molecule has 1 aromatic heterocycles. The summed E-state index contributed by atoms with van der Waals surface area (Å²) in [4.78, 5) is 25.5. The molecule has 2 N–H and O–H groups in total. The molecule has 94 valence electrons. The molecule has 0 aliphatic carbocycles. The molecule has 0 fully saturated rings. The standard InChI is InChI=1S/C12H11IN2O3/c1-2-9-10(16)14-12(18)15(11(9)17)8-5-3-7(13)4-6-8/h3-6,17H,2H2,1H3,(H,14,16,18). The summed E-state index contributed by atoms with van der Waals surface area (Å²) in [6.07, 6.45) is 0.353. The zero-order valence-electron chi connectivity index (χ0n) is 9.61. The molecule has 2 rings (SSSR count). The van der Waals surface area contributed by atoms with Crippen LogP contribution in [0.15, 0.2) is 33.9 Å². The Bertz CT molecular complexity index is 686. The molecule has 0 aliphatic rings. The molecule has 0 atom stereocenters. The Balaban J connectivity index is 2.75. The highest BCUT2D eigenvalue weighted by molar-refractivity contribution is 14.1. The van der Waals surface area contributed by atoms with Crippen LogP contribution in [0.2, 0.25) is 0 Å². The van der Waals surface area contributed by atoms with E-state index < -0.39 is 11.2 Å². The molecule has 6 heteroatoms. The summed E-state index contributed by atoms with van der Waals surface area (Å²) in [7, 11) is 0. The minimum absolute atomic E-state index is 0.202. The summed E-state index contributed by atoms with van der Waals surface area (Å²) in [6, 6.07) is 7.05. The molecule has 5 nitrogen and oxygen atoms in total. The monoisotopic (exact) mass is 358 g/mol. The van der Waals surface area contributed by atoms with Crippen molar-refractivity contribution in [3.05, 3.63) is 54.2 Å². The van der Waals surface area contributed by atoms with Crippen LogP contribution in [0, 0.1) is 3.57 Å². The van der Waals surface area contributed by atoms with E-state index in [2.05, 4.69) is 27.6 Å². The van der Waals surface area contributed by atoms with Gasteiger partial charge in [-0.2, -0.15) is 0 Å². The first kappa shape index (κ1) is 12.9.